The highest BCUT2D eigenvalue weighted by Gasteiger charge is 2.49. The average Bonchev–Trinajstić information content (AvgIpc) is 2.79. The zero-order chi connectivity index (χ0) is 26.0. The highest BCUT2D eigenvalue weighted by molar-refractivity contribution is 9.10. The highest BCUT2D eigenvalue weighted by atomic mass is 79.9. The summed E-state index contributed by atoms with van der Waals surface area (Å²) in [5, 5.41) is 10.6. The molecule has 6 nitrogen and oxygen atoms in total. The van der Waals surface area contributed by atoms with Crippen molar-refractivity contribution in [2.75, 3.05) is 7.11 Å². The van der Waals surface area contributed by atoms with E-state index in [1.165, 1.54) is 31.4 Å². The molecule has 0 aliphatic rings. The van der Waals surface area contributed by atoms with Gasteiger partial charge in [0.05, 0.1) is 11.6 Å². The number of aromatic hydroxyl groups is 1. The number of hydrogen-bond acceptors (Lipinski definition) is 6. The number of phenolic OH excluding ortho intramolecular Hbond substituents is 1. The van der Waals surface area contributed by atoms with Crippen LogP contribution in [0.1, 0.15) is 33.3 Å². The van der Waals surface area contributed by atoms with Gasteiger partial charge in [-0.3, -0.25) is 0 Å². The average molecular weight is 580 g/mol. The van der Waals surface area contributed by atoms with Gasteiger partial charge in [-0.1, -0.05) is 57.5 Å². The zero-order valence-electron chi connectivity index (χ0n) is 20.7. The third-order valence-corrected chi connectivity index (χ3v) is 13.1. The van der Waals surface area contributed by atoms with E-state index in [1.807, 2.05) is 19.1 Å². The molecule has 0 radical (unpaired) electrons. The number of halogens is 1. The van der Waals surface area contributed by atoms with Crippen molar-refractivity contribution in [2.45, 2.75) is 50.6 Å². The summed E-state index contributed by atoms with van der Waals surface area (Å²) in [7, 11) is -5.59. The maximum Gasteiger partial charge on any atom is 0.339 e. The fourth-order valence-corrected chi connectivity index (χ4v) is 10.6. The van der Waals surface area contributed by atoms with E-state index in [-0.39, 0.29) is 27.5 Å². The van der Waals surface area contributed by atoms with Gasteiger partial charge in [0.25, 0.3) is 8.32 Å². The molecule has 0 aliphatic heterocycles. The Morgan fingerprint density at radius 3 is 2.11 bits per heavy atom. The monoisotopic (exact) mass is 578 g/mol. The van der Waals surface area contributed by atoms with Gasteiger partial charge in [0.1, 0.15) is 16.4 Å². The van der Waals surface area contributed by atoms with Crippen LogP contribution < -0.4 is 18.5 Å². The highest BCUT2D eigenvalue weighted by Crippen LogP contribution is 2.42. The predicted molar refractivity (Wildman–Crippen MR) is 144 cm³/mol. The maximum absolute atomic E-state index is 13.3. The lowest BCUT2D eigenvalue weighted by atomic mass is 10.2. The molecule has 1 N–H and O–H groups in total. The summed E-state index contributed by atoms with van der Waals surface area (Å²) in [6, 6.07) is 16.7. The van der Waals surface area contributed by atoms with Crippen molar-refractivity contribution < 1.29 is 26.9 Å². The second kappa shape index (κ2) is 10.6. The molecule has 0 saturated carbocycles. The molecule has 0 amide bonds. The van der Waals surface area contributed by atoms with Crippen LogP contribution >= 0.6 is 15.9 Å². The second-order valence-electron chi connectivity index (χ2n) is 9.01. The van der Waals surface area contributed by atoms with Crippen LogP contribution in [0.2, 0.25) is 11.1 Å². The summed E-state index contributed by atoms with van der Waals surface area (Å²) < 4.78 is 45.2. The SMILES string of the molecule is COc1cc(O)ccc1O[Si](c1cccc(Br)c1OS(=O)(=O)c1ccc(C)cc1)(C(C)C)C(C)C. The molecule has 35 heavy (non-hydrogen) atoms. The van der Waals surface area contributed by atoms with Gasteiger partial charge in [0, 0.05) is 11.3 Å². The van der Waals surface area contributed by atoms with Gasteiger partial charge in [-0.15, -0.1) is 0 Å². The Balaban J connectivity index is 2.21. The zero-order valence-corrected chi connectivity index (χ0v) is 24.1. The van der Waals surface area contributed by atoms with Gasteiger partial charge < -0.3 is 18.5 Å². The van der Waals surface area contributed by atoms with E-state index in [9.17, 15) is 13.5 Å². The molecule has 0 aliphatic carbocycles. The number of rotatable bonds is 9. The number of aryl methyl sites for hydroxylation is 1. The second-order valence-corrected chi connectivity index (χ2v) is 16.0. The summed E-state index contributed by atoms with van der Waals surface area (Å²) >= 11 is 3.52. The lowest BCUT2D eigenvalue weighted by Gasteiger charge is -2.40. The summed E-state index contributed by atoms with van der Waals surface area (Å²) in [6.45, 7) is 10.2. The molecule has 0 bridgehead atoms. The summed E-state index contributed by atoms with van der Waals surface area (Å²) in [5.74, 6) is 1.16. The molecule has 3 rings (SSSR count). The van der Waals surface area contributed by atoms with E-state index in [4.69, 9.17) is 13.3 Å². The standard InChI is InChI=1S/C26H31BrO6SSi/c1-17(2)35(18(3)4,33-23-15-12-20(28)16-24(23)31-6)25-9-7-8-22(27)26(25)32-34(29,30)21-13-10-19(5)11-14-21/h7-18,28H,1-6H3. The van der Waals surface area contributed by atoms with Crippen LogP contribution in [0.15, 0.2) is 70.0 Å². The molecular formula is C26H31BrO6SSi. The summed E-state index contributed by atoms with van der Waals surface area (Å²) in [5.41, 5.74) is 1.01. The van der Waals surface area contributed by atoms with Crippen LogP contribution in [0.4, 0.5) is 0 Å². The third-order valence-electron chi connectivity index (χ3n) is 6.03. The van der Waals surface area contributed by atoms with Crippen molar-refractivity contribution in [3.63, 3.8) is 0 Å². The lowest BCUT2D eigenvalue weighted by Crippen LogP contribution is -2.59. The van der Waals surface area contributed by atoms with Gasteiger partial charge in [0.2, 0.25) is 0 Å². The maximum atomic E-state index is 13.3. The minimum Gasteiger partial charge on any atom is -0.536 e. The molecular weight excluding hydrogens is 548 g/mol. The first kappa shape index (κ1) is 27.1. The van der Waals surface area contributed by atoms with Crippen LogP contribution in [0.3, 0.4) is 0 Å². The Bertz CT molecular complexity index is 1280. The van der Waals surface area contributed by atoms with Gasteiger partial charge in [-0.25, -0.2) is 0 Å². The molecule has 0 heterocycles. The minimum atomic E-state index is -4.10. The van der Waals surface area contributed by atoms with Crippen LogP contribution in [0.25, 0.3) is 0 Å². The largest absolute Gasteiger partial charge is 0.536 e. The van der Waals surface area contributed by atoms with Gasteiger partial charge >= 0.3 is 10.1 Å². The summed E-state index contributed by atoms with van der Waals surface area (Å²) in [6.07, 6.45) is 0. The first-order valence-electron chi connectivity index (χ1n) is 11.3. The summed E-state index contributed by atoms with van der Waals surface area (Å²) in [4.78, 5) is 0.0762. The van der Waals surface area contributed by atoms with Crippen molar-refractivity contribution >= 4 is 39.6 Å². The van der Waals surface area contributed by atoms with E-state index in [1.54, 1.807) is 24.3 Å². The van der Waals surface area contributed by atoms with Crippen LogP contribution in [0.5, 0.6) is 23.0 Å². The van der Waals surface area contributed by atoms with E-state index in [0.29, 0.717) is 21.2 Å². The molecule has 0 spiro atoms. The van der Waals surface area contributed by atoms with E-state index in [2.05, 4.69) is 43.6 Å². The first-order valence-corrected chi connectivity index (χ1v) is 15.5. The van der Waals surface area contributed by atoms with Gasteiger partial charge in [0.15, 0.2) is 11.5 Å². The number of para-hydroxylation sites is 1. The molecule has 3 aromatic rings. The Hall–Kier alpha value is -2.49. The lowest BCUT2D eigenvalue weighted by molar-refractivity contribution is 0.382. The first-order chi connectivity index (χ1) is 16.4. The topological polar surface area (TPSA) is 82.1 Å². The number of ether oxygens (including phenoxy) is 1. The molecule has 3 aromatic carbocycles. The molecule has 0 aromatic heterocycles. The van der Waals surface area contributed by atoms with Crippen LogP contribution in [0, 0.1) is 6.92 Å². The van der Waals surface area contributed by atoms with Crippen molar-refractivity contribution in [2.24, 2.45) is 0 Å². The fourth-order valence-electron chi connectivity index (χ4n) is 4.27. The Labute approximate surface area is 217 Å². The smallest absolute Gasteiger partial charge is 0.339 e. The molecule has 188 valence electrons. The van der Waals surface area contributed by atoms with Gasteiger partial charge in [-0.05, 0) is 64.3 Å². The van der Waals surface area contributed by atoms with Crippen LogP contribution in [-0.4, -0.2) is 29.0 Å². The van der Waals surface area contributed by atoms with Crippen molar-refractivity contribution in [1.29, 1.82) is 0 Å². The molecule has 0 unspecified atom stereocenters. The third kappa shape index (κ3) is 5.52. The Morgan fingerprint density at radius 1 is 0.914 bits per heavy atom. The minimum absolute atomic E-state index is 0.0275. The van der Waals surface area contributed by atoms with Crippen molar-refractivity contribution in [1.82, 2.24) is 0 Å². The molecule has 0 atom stereocenters. The predicted octanol–water partition coefficient (Wildman–Crippen LogP) is 6.29. The quantitative estimate of drug-likeness (QED) is 0.237. The number of hydrogen-bond donors (Lipinski definition) is 1. The molecule has 0 fully saturated rings. The number of benzene rings is 3. The van der Waals surface area contributed by atoms with Crippen LogP contribution in [-0.2, 0) is 10.1 Å². The van der Waals surface area contributed by atoms with E-state index in [0.717, 1.165) is 5.56 Å². The van der Waals surface area contributed by atoms with E-state index < -0.39 is 18.4 Å². The van der Waals surface area contributed by atoms with Crippen molar-refractivity contribution in [3.05, 3.63) is 70.7 Å². The fraction of sp³-hybridized carbons (Fsp3) is 0.308. The normalized spacial score (nSPS) is 12.1. The Kier molecular flexibility index (Phi) is 8.24. The van der Waals surface area contributed by atoms with Gasteiger partial charge in [-0.2, -0.15) is 8.42 Å². The molecule has 9 heteroatoms. The van der Waals surface area contributed by atoms with E-state index >= 15 is 0 Å². The number of phenols is 1. The number of methoxy groups -OCH3 is 1. The molecule has 0 saturated heterocycles. The Morgan fingerprint density at radius 2 is 1.54 bits per heavy atom. The van der Waals surface area contributed by atoms with Crippen molar-refractivity contribution in [3.8, 4) is 23.0 Å².